The molecule has 0 saturated heterocycles. The van der Waals surface area contributed by atoms with Crippen LogP contribution in [0.25, 0.3) is 0 Å². The van der Waals surface area contributed by atoms with Crippen LogP contribution in [0.1, 0.15) is 18.4 Å². The van der Waals surface area contributed by atoms with Gasteiger partial charge in [0.25, 0.3) is 0 Å². The number of nitrogens with one attached hydrogen (secondary N) is 1. The SMILES string of the molecule is COCCNCc1cc(F)cc(OCCCC(=O)OC)c1. The number of esters is 1. The van der Waals surface area contributed by atoms with Gasteiger partial charge in [0.15, 0.2) is 0 Å². The molecule has 0 unspecified atom stereocenters. The van der Waals surface area contributed by atoms with Gasteiger partial charge in [-0.15, -0.1) is 0 Å². The van der Waals surface area contributed by atoms with Crippen LogP contribution in [-0.2, 0) is 20.8 Å². The van der Waals surface area contributed by atoms with Crippen molar-refractivity contribution in [2.75, 3.05) is 34.0 Å². The molecule has 0 aliphatic rings. The topological polar surface area (TPSA) is 56.8 Å². The number of carbonyl (C=O) groups is 1. The Bertz CT molecular complexity index is 440. The van der Waals surface area contributed by atoms with Gasteiger partial charge < -0.3 is 19.5 Å². The fourth-order valence-electron chi connectivity index (χ4n) is 1.72. The minimum atomic E-state index is -0.344. The fraction of sp³-hybridized carbons (Fsp3) is 0.533. The van der Waals surface area contributed by atoms with Crippen molar-refractivity contribution in [3.8, 4) is 5.75 Å². The average molecular weight is 299 g/mol. The van der Waals surface area contributed by atoms with Gasteiger partial charge in [-0.3, -0.25) is 4.79 Å². The summed E-state index contributed by atoms with van der Waals surface area (Å²) in [5.41, 5.74) is 0.800. The van der Waals surface area contributed by atoms with Gasteiger partial charge in [-0.2, -0.15) is 0 Å². The molecule has 0 aliphatic carbocycles. The number of halogens is 1. The van der Waals surface area contributed by atoms with E-state index in [2.05, 4.69) is 10.1 Å². The summed E-state index contributed by atoms with van der Waals surface area (Å²) in [6.45, 7) is 2.18. The molecule has 1 rings (SSSR count). The van der Waals surface area contributed by atoms with Gasteiger partial charge in [-0.25, -0.2) is 4.39 Å². The summed E-state index contributed by atoms with van der Waals surface area (Å²) in [5, 5.41) is 3.14. The maximum Gasteiger partial charge on any atom is 0.305 e. The molecular formula is C15H22FNO4. The zero-order valence-electron chi connectivity index (χ0n) is 12.5. The lowest BCUT2D eigenvalue weighted by atomic mass is 10.2. The molecule has 1 aromatic rings. The van der Waals surface area contributed by atoms with Crippen LogP contribution in [0.5, 0.6) is 5.75 Å². The number of benzene rings is 1. The summed E-state index contributed by atoms with van der Waals surface area (Å²) in [6, 6.07) is 4.57. The van der Waals surface area contributed by atoms with Crippen molar-refractivity contribution >= 4 is 5.97 Å². The third-order valence-electron chi connectivity index (χ3n) is 2.76. The molecule has 0 heterocycles. The van der Waals surface area contributed by atoms with Crippen LogP contribution in [0, 0.1) is 5.82 Å². The molecule has 0 fully saturated rings. The lowest BCUT2D eigenvalue weighted by molar-refractivity contribution is -0.140. The Kier molecular flexibility index (Phi) is 8.38. The number of hydrogen-bond acceptors (Lipinski definition) is 5. The van der Waals surface area contributed by atoms with Crippen LogP contribution in [0.4, 0.5) is 4.39 Å². The molecule has 0 saturated carbocycles. The molecule has 1 aromatic carbocycles. The molecule has 0 spiro atoms. The Hall–Kier alpha value is -1.66. The minimum Gasteiger partial charge on any atom is -0.493 e. The zero-order valence-corrected chi connectivity index (χ0v) is 12.5. The van der Waals surface area contributed by atoms with E-state index in [1.807, 2.05) is 0 Å². The minimum absolute atomic E-state index is 0.277. The van der Waals surface area contributed by atoms with Gasteiger partial charge in [0.2, 0.25) is 0 Å². The van der Waals surface area contributed by atoms with E-state index in [-0.39, 0.29) is 18.2 Å². The smallest absolute Gasteiger partial charge is 0.305 e. The predicted molar refractivity (Wildman–Crippen MR) is 76.7 cm³/mol. The van der Waals surface area contributed by atoms with Crippen molar-refractivity contribution < 1.29 is 23.4 Å². The van der Waals surface area contributed by atoms with Gasteiger partial charge in [0.1, 0.15) is 11.6 Å². The highest BCUT2D eigenvalue weighted by Gasteiger charge is 2.04. The second-order valence-electron chi connectivity index (χ2n) is 4.49. The van der Waals surface area contributed by atoms with Crippen molar-refractivity contribution in [1.82, 2.24) is 5.32 Å². The van der Waals surface area contributed by atoms with Crippen molar-refractivity contribution in [1.29, 1.82) is 0 Å². The van der Waals surface area contributed by atoms with E-state index in [9.17, 15) is 9.18 Å². The standard InChI is InChI=1S/C15H22FNO4/c1-19-7-5-17-11-12-8-13(16)10-14(9-12)21-6-3-4-15(18)20-2/h8-10,17H,3-7,11H2,1-2H3. The first-order valence-corrected chi connectivity index (χ1v) is 6.84. The largest absolute Gasteiger partial charge is 0.493 e. The van der Waals surface area contributed by atoms with Crippen molar-refractivity contribution in [3.63, 3.8) is 0 Å². The lowest BCUT2D eigenvalue weighted by Gasteiger charge is -2.09. The van der Waals surface area contributed by atoms with Crippen LogP contribution in [0.15, 0.2) is 18.2 Å². The van der Waals surface area contributed by atoms with E-state index in [0.717, 1.165) is 5.56 Å². The number of methoxy groups -OCH3 is 2. The van der Waals surface area contributed by atoms with Crippen LogP contribution < -0.4 is 10.1 Å². The second kappa shape index (κ2) is 10.1. The monoisotopic (exact) mass is 299 g/mol. The summed E-state index contributed by atoms with van der Waals surface area (Å²) in [6.07, 6.45) is 0.821. The summed E-state index contributed by atoms with van der Waals surface area (Å²) in [7, 11) is 2.97. The van der Waals surface area contributed by atoms with Crippen LogP contribution >= 0.6 is 0 Å². The molecule has 0 atom stereocenters. The molecule has 0 amide bonds. The van der Waals surface area contributed by atoms with Crippen molar-refractivity contribution in [2.45, 2.75) is 19.4 Å². The first-order valence-electron chi connectivity index (χ1n) is 6.84. The molecule has 118 valence electrons. The molecule has 0 aromatic heterocycles. The van der Waals surface area contributed by atoms with Crippen LogP contribution in [-0.4, -0.2) is 39.9 Å². The molecule has 0 aliphatic heterocycles. The Balaban J connectivity index is 2.39. The summed E-state index contributed by atoms with van der Waals surface area (Å²) in [5.74, 6) is -0.159. The summed E-state index contributed by atoms with van der Waals surface area (Å²) in [4.78, 5) is 10.9. The fourth-order valence-corrected chi connectivity index (χ4v) is 1.72. The molecule has 1 N–H and O–H groups in total. The highest BCUT2D eigenvalue weighted by atomic mass is 19.1. The Morgan fingerprint density at radius 2 is 2.05 bits per heavy atom. The molecule has 5 nitrogen and oxygen atoms in total. The molecule has 6 heteroatoms. The first-order chi connectivity index (χ1) is 10.2. The third kappa shape index (κ3) is 7.63. The molecule has 0 bridgehead atoms. The highest BCUT2D eigenvalue weighted by Crippen LogP contribution is 2.17. The average Bonchev–Trinajstić information content (AvgIpc) is 2.47. The maximum absolute atomic E-state index is 13.5. The number of hydrogen-bond donors (Lipinski definition) is 1. The van der Waals surface area contributed by atoms with E-state index < -0.39 is 0 Å². The Labute approximate surface area is 124 Å². The van der Waals surface area contributed by atoms with Crippen LogP contribution in [0.2, 0.25) is 0 Å². The Morgan fingerprint density at radius 3 is 2.76 bits per heavy atom. The van der Waals surface area contributed by atoms with Gasteiger partial charge in [0.05, 0.1) is 20.3 Å². The molecule has 21 heavy (non-hydrogen) atoms. The Morgan fingerprint density at radius 1 is 1.24 bits per heavy atom. The lowest BCUT2D eigenvalue weighted by Crippen LogP contribution is -2.18. The van der Waals surface area contributed by atoms with Gasteiger partial charge in [-0.1, -0.05) is 0 Å². The second-order valence-corrected chi connectivity index (χ2v) is 4.49. The normalized spacial score (nSPS) is 10.4. The quantitative estimate of drug-likeness (QED) is 0.528. The van der Waals surface area contributed by atoms with Crippen LogP contribution in [0.3, 0.4) is 0 Å². The zero-order chi connectivity index (χ0) is 15.5. The molecule has 0 radical (unpaired) electrons. The van der Waals surface area contributed by atoms with E-state index in [0.29, 0.717) is 38.5 Å². The summed E-state index contributed by atoms with van der Waals surface area (Å²) < 4.78 is 28.4. The third-order valence-corrected chi connectivity index (χ3v) is 2.76. The van der Waals surface area contributed by atoms with E-state index in [4.69, 9.17) is 9.47 Å². The predicted octanol–water partition coefficient (Wildman–Crippen LogP) is 1.89. The van der Waals surface area contributed by atoms with E-state index >= 15 is 0 Å². The number of ether oxygens (including phenoxy) is 3. The highest BCUT2D eigenvalue weighted by molar-refractivity contribution is 5.69. The molecular weight excluding hydrogens is 277 g/mol. The first kappa shape index (κ1) is 17.4. The summed E-state index contributed by atoms with van der Waals surface area (Å²) >= 11 is 0. The van der Waals surface area contributed by atoms with Crippen molar-refractivity contribution in [2.24, 2.45) is 0 Å². The van der Waals surface area contributed by atoms with Gasteiger partial charge in [0, 0.05) is 32.7 Å². The van der Waals surface area contributed by atoms with E-state index in [1.165, 1.54) is 19.2 Å². The number of carbonyl (C=O) groups excluding carboxylic acids is 1. The van der Waals surface area contributed by atoms with Gasteiger partial charge >= 0.3 is 5.97 Å². The maximum atomic E-state index is 13.5. The number of rotatable bonds is 10. The van der Waals surface area contributed by atoms with Gasteiger partial charge in [-0.05, 0) is 24.1 Å². The van der Waals surface area contributed by atoms with E-state index in [1.54, 1.807) is 13.2 Å². The van der Waals surface area contributed by atoms with Crippen molar-refractivity contribution in [3.05, 3.63) is 29.6 Å².